The van der Waals surface area contributed by atoms with Crippen molar-refractivity contribution in [3.05, 3.63) is 11.1 Å². The summed E-state index contributed by atoms with van der Waals surface area (Å²) in [6, 6.07) is 0. The monoisotopic (exact) mass is 152 g/mol. The van der Waals surface area contributed by atoms with Crippen molar-refractivity contribution in [1.82, 2.24) is 0 Å². The lowest BCUT2D eigenvalue weighted by molar-refractivity contribution is 0.458. The first-order valence-electron chi connectivity index (χ1n) is 4.57. The van der Waals surface area contributed by atoms with Crippen molar-refractivity contribution in [2.45, 2.75) is 41.5 Å². The third kappa shape index (κ3) is 1.50. The van der Waals surface area contributed by atoms with Crippen molar-refractivity contribution < 1.29 is 0 Å². The molecular weight excluding hydrogens is 132 g/mol. The van der Waals surface area contributed by atoms with Gasteiger partial charge in [-0.15, -0.1) is 0 Å². The molecule has 0 saturated carbocycles. The van der Waals surface area contributed by atoms with Crippen molar-refractivity contribution in [2.75, 3.05) is 0 Å². The molecule has 0 N–H and O–H groups in total. The largest absolute Gasteiger partial charge is 0.0655 e. The van der Waals surface area contributed by atoms with Gasteiger partial charge in [0.05, 0.1) is 0 Å². The van der Waals surface area contributed by atoms with Gasteiger partial charge >= 0.3 is 0 Å². The Morgan fingerprint density at radius 1 is 1.18 bits per heavy atom. The molecular formula is C11H20. The van der Waals surface area contributed by atoms with E-state index in [0.717, 1.165) is 11.8 Å². The molecule has 0 amide bonds. The van der Waals surface area contributed by atoms with Gasteiger partial charge in [-0.25, -0.2) is 0 Å². The summed E-state index contributed by atoms with van der Waals surface area (Å²) >= 11 is 0. The van der Waals surface area contributed by atoms with E-state index in [1.807, 2.05) is 0 Å². The van der Waals surface area contributed by atoms with Crippen LogP contribution >= 0.6 is 0 Å². The fourth-order valence-electron chi connectivity index (χ4n) is 2.24. The predicted octanol–water partition coefficient (Wildman–Crippen LogP) is 3.63. The maximum Gasteiger partial charge on any atom is 0.00383 e. The SMILES string of the molecule is CC1=C(C(C)(C)C)C1C(C)C. The van der Waals surface area contributed by atoms with E-state index >= 15 is 0 Å². The van der Waals surface area contributed by atoms with Crippen LogP contribution in [0.2, 0.25) is 0 Å². The van der Waals surface area contributed by atoms with Gasteiger partial charge in [-0.05, 0) is 18.3 Å². The molecule has 0 aromatic heterocycles. The van der Waals surface area contributed by atoms with E-state index in [0.29, 0.717) is 5.41 Å². The average Bonchev–Trinajstić information content (AvgIpc) is 2.38. The Morgan fingerprint density at radius 3 is 1.73 bits per heavy atom. The van der Waals surface area contributed by atoms with Crippen LogP contribution < -0.4 is 0 Å². The second-order valence-electron chi connectivity index (χ2n) is 5.07. The van der Waals surface area contributed by atoms with Gasteiger partial charge in [0.15, 0.2) is 0 Å². The minimum absolute atomic E-state index is 0.416. The zero-order chi connectivity index (χ0) is 8.81. The van der Waals surface area contributed by atoms with Crippen LogP contribution in [-0.4, -0.2) is 0 Å². The van der Waals surface area contributed by atoms with E-state index in [4.69, 9.17) is 0 Å². The summed E-state index contributed by atoms with van der Waals surface area (Å²) in [5.74, 6) is 1.64. The molecule has 0 aliphatic heterocycles. The molecule has 1 unspecified atom stereocenters. The zero-order valence-electron chi connectivity index (χ0n) is 8.65. The first kappa shape index (κ1) is 8.83. The molecule has 1 atom stereocenters. The summed E-state index contributed by atoms with van der Waals surface area (Å²) in [5, 5.41) is 0. The van der Waals surface area contributed by atoms with Gasteiger partial charge in [0.1, 0.15) is 0 Å². The van der Waals surface area contributed by atoms with E-state index in [-0.39, 0.29) is 0 Å². The normalized spacial score (nSPS) is 24.8. The minimum atomic E-state index is 0.416. The lowest BCUT2D eigenvalue weighted by Crippen LogP contribution is -2.07. The van der Waals surface area contributed by atoms with Gasteiger partial charge < -0.3 is 0 Å². The van der Waals surface area contributed by atoms with Gasteiger partial charge in [0, 0.05) is 5.92 Å². The summed E-state index contributed by atoms with van der Waals surface area (Å²) in [5.41, 5.74) is 3.76. The first-order valence-corrected chi connectivity index (χ1v) is 4.57. The van der Waals surface area contributed by atoms with Crippen LogP contribution in [0.15, 0.2) is 11.1 Å². The predicted molar refractivity (Wildman–Crippen MR) is 50.5 cm³/mol. The smallest absolute Gasteiger partial charge is 0.00383 e. The topological polar surface area (TPSA) is 0 Å². The molecule has 0 fully saturated rings. The Morgan fingerprint density at radius 2 is 1.64 bits per heavy atom. The van der Waals surface area contributed by atoms with Crippen molar-refractivity contribution in [2.24, 2.45) is 17.3 Å². The summed E-state index contributed by atoms with van der Waals surface area (Å²) in [7, 11) is 0. The molecule has 0 radical (unpaired) electrons. The molecule has 0 aromatic rings. The van der Waals surface area contributed by atoms with Crippen molar-refractivity contribution in [3.8, 4) is 0 Å². The highest BCUT2D eigenvalue weighted by Crippen LogP contribution is 2.53. The third-order valence-electron chi connectivity index (χ3n) is 2.59. The lowest BCUT2D eigenvalue weighted by Gasteiger charge is -2.17. The Bertz CT molecular complexity index is 189. The highest BCUT2D eigenvalue weighted by Gasteiger charge is 2.41. The molecule has 64 valence electrons. The second-order valence-corrected chi connectivity index (χ2v) is 5.07. The highest BCUT2D eigenvalue weighted by molar-refractivity contribution is 5.43. The molecule has 0 heteroatoms. The third-order valence-corrected chi connectivity index (χ3v) is 2.59. The molecule has 0 bridgehead atoms. The molecule has 0 spiro atoms. The van der Waals surface area contributed by atoms with Crippen LogP contribution in [0.25, 0.3) is 0 Å². The van der Waals surface area contributed by atoms with E-state index in [9.17, 15) is 0 Å². The van der Waals surface area contributed by atoms with Crippen LogP contribution in [0, 0.1) is 17.3 Å². The van der Waals surface area contributed by atoms with Crippen LogP contribution in [0.5, 0.6) is 0 Å². The number of hydrogen-bond acceptors (Lipinski definition) is 0. The van der Waals surface area contributed by atoms with Crippen molar-refractivity contribution in [3.63, 3.8) is 0 Å². The van der Waals surface area contributed by atoms with E-state index in [1.165, 1.54) is 0 Å². The van der Waals surface area contributed by atoms with Crippen molar-refractivity contribution in [1.29, 1.82) is 0 Å². The van der Waals surface area contributed by atoms with Crippen molar-refractivity contribution >= 4 is 0 Å². The molecule has 0 aromatic carbocycles. The Labute approximate surface area is 70.7 Å². The Hall–Kier alpha value is -0.260. The molecule has 0 nitrogen and oxygen atoms in total. The number of hydrogen-bond donors (Lipinski definition) is 0. The molecule has 1 rings (SSSR count). The highest BCUT2D eigenvalue weighted by atomic mass is 14.5. The van der Waals surface area contributed by atoms with Gasteiger partial charge in [0.2, 0.25) is 0 Å². The lowest BCUT2D eigenvalue weighted by atomic mass is 9.88. The van der Waals surface area contributed by atoms with Crippen LogP contribution in [0.4, 0.5) is 0 Å². The van der Waals surface area contributed by atoms with Crippen LogP contribution in [0.3, 0.4) is 0 Å². The standard InChI is InChI=1S/C11H20/c1-7(2)9-8(3)10(9)11(4,5)6/h7,9H,1-6H3. The molecule has 1 aliphatic rings. The molecule has 1 aliphatic carbocycles. The van der Waals surface area contributed by atoms with E-state index in [2.05, 4.69) is 41.5 Å². The maximum absolute atomic E-state index is 2.31. The van der Waals surface area contributed by atoms with Crippen LogP contribution in [0.1, 0.15) is 41.5 Å². The maximum atomic E-state index is 2.31. The first-order chi connectivity index (χ1) is 4.85. The average molecular weight is 152 g/mol. The molecule has 0 heterocycles. The van der Waals surface area contributed by atoms with Gasteiger partial charge in [-0.1, -0.05) is 45.8 Å². The summed E-state index contributed by atoms with van der Waals surface area (Å²) in [4.78, 5) is 0. The fourth-order valence-corrected chi connectivity index (χ4v) is 2.24. The van der Waals surface area contributed by atoms with Gasteiger partial charge in [-0.2, -0.15) is 0 Å². The summed E-state index contributed by atoms with van der Waals surface area (Å²) in [6.45, 7) is 13.8. The number of rotatable bonds is 1. The van der Waals surface area contributed by atoms with E-state index in [1.54, 1.807) is 11.1 Å². The second kappa shape index (κ2) is 2.36. The molecule has 0 saturated heterocycles. The van der Waals surface area contributed by atoms with Gasteiger partial charge in [-0.3, -0.25) is 0 Å². The minimum Gasteiger partial charge on any atom is -0.0655 e. The van der Waals surface area contributed by atoms with E-state index < -0.39 is 0 Å². The van der Waals surface area contributed by atoms with Crippen LogP contribution in [-0.2, 0) is 0 Å². The summed E-state index contributed by atoms with van der Waals surface area (Å²) < 4.78 is 0. The molecule has 11 heavy (non-hydrogen) atoms. The number of allylic oxidation sites excluding steroid dienone is 2. The fraction of sp³-hybridized carbons (Fsp3) is 0.818. The Kier molecular flexibility index (Phi) is 1.90. The summed E-state index contributed by atoms with van der Waals surface area (Å²) in [6.07, 6.45) is 0. The van der Waals surface area contributed by atoms with Gasteiger partial charge in [0.25, 0.3) is 0 Å². The Balaban J connectivity index is 2.66. The quantitative estimate of drug-likeness (QED) is 0.503. The zero-order valence-corrected chi connectivity index (χ0v) is 8.65.